The zero-order chi connectivity index (χ0) is 23.2. The molecule has 3 N–H and O–H groups in total. The van der Waals surface area contributed by atoms with E-state index in [4.69, 9.17) is 4.52 Å². The van der Waals surface area contributed by atoms with Crippen LogP contribution in [0, 0.1) is 10.8 Å². The number of aliphatic hydroxyl groups is 1. The van der Waals surface area contributed by atoms with Crippen LogP contribution in [-0.2, 0) is 9.32 Å². The van der Waals surface area contributed by atoms with Crippen LogP contribution in [0.4, 0.5) is 5.69 Å². The molecule has 0 unspecified atom stereocenters. The molecule has 3 rings (SSSR count). The second kappa shape index (κ2) is 8.15. The van der Waals surface area contributed by atoms with Crippen molar-refractivity contribution in [3.8, 4) is 0 Å². The van der Waals surface area contributed by atoms with Gasteiger partial charge in [-0.2, -0.15) is 0 Å². The van der Waals surface area contributed by atoms with Crippen molar-refractivity contribution in [2.45, 2.75) is 60.9 Å². The Kier molecular flexibility index (Phi) is 6.22. The van der Waals surface area contributed by atoms with E-state index < -0.39 is 13.9 Å². The monoisotopic (exact) mass is 450 g/mol. The number of nitrogens with zero attached hydrogens (tertiary/aromatic N) is 3. The van der Waals surface area contributed by atoms with Crippen LogP contribution < -0.4 is 10.8 Å². The summed E-state index contributed by atoms with van der Waals surface area (Å²) in [6, 6.07) is 3.00. The second-order valence-corrected chi connectivity index (χ2v) is 12.6. The third kappa shape index (κ3) is 4.61. The molecule has 2 aliphatic heterocycles. The number of hydrogen-bond acceptors (Lipinski definition) is 7. The first-order valence-electron chi connectivity index (χ1n) is 10.7. The first-order valence-corrected chi connectivity index (χ1v) is 12.5. The van der Waals surface area contributed by atoms with Crippen LogP contribution >= 0.6 is 7.87 Å². The fraction of sp³-hybridized carbons (Fsp3) is 0.591. The Hall–Kier alpha value is -2.02. The molecule has 0 radical (unpaired) electrons. The summed E-state index contributed by atoms with van der Waals surface area (Å²) < 4.78 is 10.1. The summed E-state index contributed by atoms with van der Waals surface area (Å²) in [7, 11) is -3.79. The van der Waals surface area contributed by atoms with Gasteiger partial charge in [0.2, 0.25) is 0 Å². The minimum atomic E-state index is -3.79. The SMILES string of the molecule is CCO[PH]1(O)N=C(C2=C(O)[C@H](C(C)(C)C)N(CCC(C)(C)C)C2=O)Nc2cccnc21. The van der Waals surface area contributed by atoms with Crippen LogP contribution in [0.15, 0.2) is 34.4 Å². The molecule has 1 aromatic rings. The predicted octanol–water partition coefficient (Wildman–Crippen LogP) is 3.56. The van der Waals surface area contributed by atoms with Gasteiger partial charge < -0.3 is 0 Å². The number of rotatable bonds is 5. The van der Waals surface area contributed by atoms with E-state index in [1.165, 1.54) is 0 Å². The Balaban J connectivity index is 2.07. The second-order valence-electron chi connectivity index (χ2n) is 10.4. The molecule has 0 fully saturated rings. The number of hydrogen-bond donors (Lipinski definition) is 3. The molecule has 31 heavy (non-hydrogen) atoms. The van der Waals surface area contributed by atoms with E-state index in [1.807, 2.05) is 20.8 Å². The van der Waals surface area contributed by atoms with Crippen molar-refractivity contribution in [3.05, 3.63) is 29.7 Å². The quantitative estimate of drug-likeness (QED) is 0.592. The van der Waals surface area contributed by atoms with Gasteiger partial charge in [-0.15, -0.1) is 0 Å². The van der Waals surface area contributed by atoms with Crippen molar-refractivity contribution in [2.75, 3.05) is 18.5 Å². The molecule has 1 aromatic heterocycles. The van der Waals surface area contributed by atoms with Gasteiger partial charge in [0.05, 0.1) is 0 Å². The van der Waals surface area contributed by atoms with Crippen LogP contribution in [0.5, 0.6) is 0 Å². The van der Waals surface area contributed by atoms with Gasteiger partial charge in [-0.05, 0) is 0 Å². The number of aromatic nitrogens is 1. The van der Waals surface area contributed by atoms with Gasteiger partial charge >= 0.3 is 185 Å². The molecule has 1 atom stereocenters. The van der Waals surface area contributed by atoms with Crippen LogP contribution in [0.25, 0.3) is 0 Å². The number of carbonyl (C=O) groups is 1. The van der Waals surface area contributed by atoms with E-state index in [2.05, 4.69) is 35.8 Å². The van der Waals surface area contributed by atoms with Gasteiger partial charge in [-0.25, -0.2) is 0 Å². The average molecular weight is 451 g/mol. The maximum absolute atomic E-state index is 13.5. The van der Waals surface area contributed by atoms with Gasteiger partial charge in [0.15, 0.2) is 0 Å². The van der Waals surface area contributed by atoms with E-state index in [0.29, 0.717) is 17.7 Å². The zero-order valence-corrected chi connectivity index (χ0v) is 20.5. The Labute approximate surface area is 185 Å². The maximum atomic E-state index is 13.5. The van der Waals surface area contributed by atoms with Crippen LogP contribution in [0.3, 0.4) is 0 Å². The molecule has 172 valence electrons. The van der Waals surface area contributed by atoms with Crippen LogP contribution in [0.1, 0.15) is 54.9 Å². The van der Waals surface area contributed by atoms with Crippen LogP contribution in [-0.4, -0.2) is 50.8 Å². The Bertz CT molecular complexity index is 932. The number of nitrogens with one attached hydrogen (secondary N) is 1. The number of fused-ring (bicyclic) bond motifs is 1. The molecule has 1 amide bonds. The van der Waals surface area contributed by atoms with Crippen molar-refractivity contribution in [3.63, 3.8) is 0 Å². The van der Waals surface area contributed by atoms with Crippen molar-refractivity contribution >= 4 is 30.7 Å². The normalized spacial score (nSPS) is 22.2. The van der Waals surface area contributed by atoms with Crippen molar-refractivity contribution < 1.29 is 19.3 Å². The van der Waals surface area contributed by atoms with E-state index in [0.717, 1.165) is 6.42 Å². The average Bonchev–Trinajstić information content (AvgIpc) is 2.89. The van der Waals surface area contributed by atoms with Crippen LogP contribution in [0.2, 0.25) is 0 Å². The molecular weight excluding hydrogens is 415 g/mol. The molecule has 0 aromatic carbocycles. The number of aliphatic hydroxyl groups excluding tert-OH is 1. The number of anilines is 1. The molecule has 0 bridgehead atoms. The fourth-order valence-corrected chi connectivity index (χ4v) is 5.91. The summed E-state index contributed by atoms with van der Waals surface area (Å²) in [4.78, 5) is 30.7. The van der Waals surface area contributed by atoms with E-state index in [-0.39, 0.29) is 40.5 Å². The summed E-state index contributed by atoms with van der Waals surface area (Å²) >= 11 is 0. The Morgan fingerprint density at radius 2 is 1.94 bits per heavy atom. The van der Waals surface area contributed by atoms with E-state index >= 15 is 0 Å². The molecular formula is C22H35N4O4P. The van der Waals surface area contributed by atoms with Crippen molar-refractivity contribution in [1.82, 2.24) is 9.88 Å². The first kappa shape index (κ1) is 23.6. The van der Waals surface area contributed by atoms with Gasteiger partial charge in [0.1, 0.15) is 0 Å². The summed E-state index contributed by atoms with van der Waals surface area (Å²) in [5.41, 5.74) is 0.622. The van der Waals surface area contributed by atoms with Gasteiger partial charge in [-0.3, -0.25) is 0 Å². The van der Waals surface area contributed by atoms with Crippen molar-refractivity contribution in [2.24, 2.45) is 15.6 Å². The first-order chi connectivity index (χ1) is 14.3. The van der Waals surface area contributed by atoms with Gasteiger partial charge in [-0.1, -0.05) is 0 Å². The van der Waals surface area contributed by atoms with Gasteiger partial charge in [0.25, 0.3) is 0 Å². The summed E-state index contributed by atoms with van der Waals surface area (Å²) in [5, 5.41) is 14.3. The Morgan fingerprint density at radius 3 is 2.52 bits per heavy atom. The van der Waals surface area contributed by atoms with Crippen molar-refractivity contribution in [1.29, 1.82) is 0 Å². The minimum absolute atomic E-state index is 0.0298. The third-order valence-corrected chi connectivity index (χ3v) is 7.67. The number of carbonyl (C=O) groups excluding carboxylic acids is 1. The molecule has 9 heteroatoms. The number of pyridine rings is 1. The molecule has 0 saturated carbocycles. The standard InChI is InChI=1S/C22H35N4O4P/c1-8-30-31(29)19-14(10-9-12-23-19)24-18(25-31)15-16(27)17(22(5,6)7)26(20(15)28)13-11-21(2,3)4/h9-10,12,17,27,29,31H,8,11,13H2,1-7H3,(H,24,25)/t17-/m1/s1. The topological polar surface area (TPSA) is 107 Å². The number of amides is 1. The summed E-state index contributed by atoms with van der Waals surface area (Å²) in [5.74, 6) is -0.191. The fourth-order valence-electron chi connectivity index (χ4n) is 3.99. The number of amidine groups is 1. The van der Waals surface area contributed by atoms with Gasteiger partial charge in [0, 0.05) is 0 Å². The molecule has 8 nitrogen and oxygen atoms in total. The predicted molar refractivity (Wildman–Crippen MR) is 126 cm³/mol. The summed E-state index contributed by atoms with van der Waals surface area (Å²) in [6.07, 6.45) is 2.36. The Morgan fingerprint density at radius 1 is 1.26 bits per heavy atom. The van der Waals surface area contributed by atoms with E-state index in [9.17, 15) is 14.8 Å². The molecule has 3 heterocycles. The molecule has 0 spiro atoms. The van der Waals surface area contributed by atoms with E-state index in [1.54, 1.807) is 30.2 Å². The molecule has 0 saturated heterocycles. The zero-order valence-electron chi connectivity index (χ0n) is 19.5. The summed E-state index contributed by atoms with van der Waals surface area (Å²) in [6.45, 7) is 14.9. The molecule has 2 aliphatic rings. The third-order valence-electron chi connectivity index (χ3n) is 5.44. The molecule has 0 aliphatic carbocycles.